The Labute approximate surface area is 166 Å². The number of anilines is 1. The van der Waals surface area contributed by atoms with Gasteiger partial charge < -0.3 is 19.5 Å². The number of carbonyl (C=O) groups is 1. The Morgan fingerprint density at radius 1 is 1.07 bits per heavy atom. The number of rotatable bonds is 5. The number of hydrogen-bond acceptors (Lipinski definition) is 5. The molecule has 8 heteroatoms. The molecule has 0 fully saturated rings. The maximum atomic E-state index is 13.8. The molecule has 0 bridgehead atoms. The zero-order valence-corrected chi connectivity index (χ0v) is 16.2. The van der Waals surface area contributed by atoms with Crippen LogP contribution in [-0.4, -0.2) is 37.4 Å². The van der Waals surface area contributed by atoms with E-state index in [9.17, 15) is 9.18 Å². The van der Waals surface area contributed by atoms with E-state index < -0.39 is 0 Å². The van der Waals surface area contributed by atoms with E-state index in [-0.39, 0.29) is 24.1 Å². The monoisotopic (exact) mass is 397 g/mol. The summed E-state index contributed by atoms with van der Waals surface area (Å²) >= 11 is 0. The Hall–Kier alpha value is -3.55. The minimum Gasteiger partial charge on any atom is -0.493 e. The van der Waals surface area contributed by atoms with Gasteiger partial charge in [-0.2, -0.15) is 5.10 Å². The standard InChI is InChI=1S/C21H20FN3O4/c1-27-15-8-7-13(19(28-2)20(15)29-3)14-10-16(26)23-21-17(14)18(24-25-21)11-5-4-6-12(22)9-11/h4-9,14H,10H2,1-3H3,(H2,23,24,25,26). The zero-order valence-electron chi connectivity index (χ0n) is 16.2. The lowest BCUT2D eigenvalue weighted by Gasteiger charge is -2.26. The van der Waals surface area contributed by atoms with Crippen molar-refractivity contribution in [3.8, 4) is 28.5 Å². The molecule has 4 rings (SSSR count). The summed E-state index contributed by atoms with van der Waals surface area (Å²) in [6.45, 7) is 0. The van der Waals surface area contributed by atoms with Gasteiger partial charge in [0.15, 0.2) is 17.3 Å². The van der Waals surface area contributed by atoms with Crippen molar-refractivity contribution in [2.75, 3.05) is 26.6 Å². The van der Waals surface area contributed by atoms with Crippen molar-refractivity contribution in [1.29, 1.82) is 0 Å². The minimum absolute atomic E-state index is 0.170. The lowest BCUT2D eigenvalue weighted by Crippen LogP contribution is -2.23. The topological polar surface area (TPSA) is 85.5 Å². The van der Waals surface area contributed by atoms with Crippen molar-refractivity contribution >= 4 is 11.7 Å². The molecule has 2 aromatic carbocycles. The van der Waals surface area contributed by atoms with E-state index in [1.165, 1.54) is 26.4 Å². The predicted octanol–water partition coefficient (Wildman–Crippen LogP) is 3.72. The molecular weight excluding hydrogens is 377 g/mol. The molecule has 0 aliphatic carbocycles. The average molecular weight is 397 g/mol. The SMILES string of the molecule is COc1ccc(C2CC(=O)Nc3n[nH]c(-c4cccc(F)c4)c32)c(OC)c1OC. The van der Waals surface area contributed by atoms with Crippen LogP contribution in [0.4, 0.5) is 10.2 Å². The minimum atomic E-state index is -0.370. The summed E-state index contributed by atoms with van der Waals surface area (Å²) in [5.41, 5.74) is 2.79. The Kier molecular flexibility index (Phi) is 4.84. The maximum Gasteiger partial charge on any atom is 0.226 e. The number of carbonyl (C=O) groups excluding carboxylic acids is 1. The molecule has 0 saturated heterocycles. The number of aromatic nitrogens is 2. The number of H-pyrrole nitrogens is 1. The van der Waals surface area contributed by atoms with E-state index in [4.69, 9.17) is 14.2 Å². The molecular formula is C21H20FN3O4. The number of methoxy groups -OCH3 is 3. The molecule has 1 unspecified atom stereocenters. The summed E-state index contributed by atoms with van der Waals surface area (Å²) < 4.78 is 30.3. The molecule has 1 aliphatic rings. The van der Waals surface area contributed by atoms with Gasteiger partial charge in [-0.25, -0.2) is 4.39 Å². The lowest BCUT2D eigenvalue weighted by molar-refractivity contribution is -0.116. The van der Waals surface area contributed by atoms with Crippen LogP contribution in [0.3, 0.4) is 0 Å². The van der Waals surface area contributed by atoms with Crippen molar-refractivity contribution in [2.45, 2.75) is 12.3 Å². The van der Waals surface area contributed by atoms with Crippen LogP contribution in [0, 0.1) is 5.82 Å². The molecule has 29 heavy (non-hydrogen) atoms. The number of halogens is 1. The second-order valence-corrected chi connectivity index (χ2v) is 6.60. The van der Waals surface area contributed by atoms with Crippen LogP contribution in [-0.2, 0) is 4.79 Å². The second-order valence-electron chi connectivity index (χ2n) is 6.60. The highest BCUT2D eigenvalue weighted by atomic mass is 19.1. The van der Waals surface area contributed by atoms with E-state index in [0.29, 0.717) is 34.3 Å². The van der Waals surface area contributed by atoms with Crippen LogP contribution in [0.15, 0.2) is 36.4 Å². The molecule has 150 valence electrons. The van der Waals surface area contributed by atoms with Gasteiger partial charge in [-0.05, 0) is 18.2 Å². The van der Waals surface area contributed by atoms with E-state index in [1.54, 1.807) is 25.3 Å². The van der Waals surface area contributed by atoms with Crippen LogP contribution in [0.5, 0.6) is 17.2 Å². The van der Waals surface area contributed by atoms with Gasteiger partial charge in [0.2, 0.25) is 11.7 Å². The average Bonchev–Trinajstić information content (AvgIpc) is 3.15. The second kappa shape index (κ2) is 7.46. The largest absolute Gasteiger partial charge is 0.493 e. The first kappa shape index (κ1) is 18.8. The Bertz CT molecular complexity index is 1080. The summed E-state index contributed by atoms with van der Waals surface area (Å²) in [6.07, 6.45) is 0.181. The highest BCUT2D eigenvalue weighted by molar-refractivity contribution is 5.96. The number of nitrogens with one attached hydrogen (secondary N) is 2. The Balaban J connectivity index is 1.92. The third kappa shape index (κ3) is 3.16. The number of benzene rings is 2. The predicted molar refractivity (Wildman–Crippen MR) is 105 cm³/mol. The number of ether oxygens (including phenoxy) is 3. The van der Waals surface area contributed by atoms with Crippen LogP contribution in [0.2, 0.25) is 0 Å². The number of fused-ring (bicyclic) bond motifs is 1. The molecule has 1 aliphatic heterocycles. The zero-order chi connectivity index (χ0) is 20.5. The van der Waals surface area contributed by atoms with Gasteiger partial charge in [0, 0.05) is 29.0 Å². The first-order valence-corrected chi connectivity index (χ1v) is 9.00. The third-order valence-electron chi connectivity index (χ3n) is 5.02. The molecule has 1 atom stereocenters. The molecule has 0 saturated carbocycles. The summed E-state index contributed by atoms with van der Waals surface area (Å²) in [7, 11) is 4.61. The van der Waals surface area contributed by atoms with Crippen molar-refractivity contribution in [3.63, 3.8) is 0 Å². The molecule has 0 spiro atoms. The quantitative estimate of drug-likeness (QED) is 0.685. The van der Waals surface area contributed by atoms with E-state index in [2.05, 4.69) is 15.5 Å². The third-order valence-corrected chi connectivity index (χ3v) is 5.02. The van der Waals surface area contributed by atoms with Gasteiger partial charge >= 0.3 is 0 Å². The van der Waals surface area contributed by atoms with Crippen LogP contribution < -0.4 is 19.5 Å². The fraction of sp³-hybridized carbons (Fsp3) is 0.238. The highest BCUT2D eigenvalue weighted by Gasteiger charge is 2.35. The van der Waals surface area contributed by atoms with Crippen LogP contribution in [0.25, 0.3) is 11.3 Å². The van der Waals surface area contributed by atoms with Gasteiger partial charge in [0.25, 0.3) is 0 Å². The normalized spacial score (nSPS) is 15.4. The Morgan fingerprint density at radius 3 is 2.55 bits per heavy atom. The van der Waals surface area contributed by atoms with E-state index in [1.807, 2.05) is 6.07 Å². The number of amides is 1. The van der Waals surface area contributed by atoms with Crippen LogP contribution >= 0.6 is 0 Å². The van der Waals surface area contributed by atoms with Gasteiger partial charge in [0.1, 0.15) is 5.82 Å². The van der Waals surface area contributed by atoms with E-state index >= 15 is 0 Å². The van der Waals surface area contributed by atoms with Crippen molar-refractivity contribution in [1.82, 2.24) is 10.2 Å². The summed E-state index contributed by atoms with van der Waals surface area (Å²) in [6, 6.07) is 9.83. The number of hydrogen-bond donors (Lipinski definition) is 2. The van der Waals surface area contributed by atoms with Gasteiger partial charge in [0.05, 0.1) is 27.0 Å². The molecule has 2 N–H and O–H groups in total. The fourth-order valence-electron chi connectivity index (χ4n) is 3.78. The van der Waals surface area contributed by atoms with Gasteiger partial charge in [-0.1, -0.05) is 18.2 Å². The number of aromatic amines is 1. The van der Waals surface area contributed by atoms with Gasteiger partial charge in [-0.15, -0.1) is 0 Å². The number of nitrogens with zero attached hydrogens (tertiary/aromatic N) is 1. The Morgan fingerprint density at radius 2 is 1.86 bits per heavy atom. The molecule has 3 aromatic rings. The molecule has 1 aromatic heterocycles. The van der Waals surface area contributed by atoms with Gasteiger partial charge in [-0.3, -0.25) is 9.89 Å². The summed E-state index contributed by atoms with van der Waals surface area (Å²) in [4.78, 5) is 12.4. The molecule has 0 radical (unpaired) electrons. The first-order valence-electron chi connectivity index (χ1n) is 9.00. The highest BCUT2D eigenvalue weighted by Crippen LogP contribution is 2.49. The summed E-state index contributed by atoms with van der Waals surface area (Å²) in [5, 5.41) is 9.97. The fourth-order valence-corrected chi connectivity index (χ4v) is 3.78. The van der Waals surface area contributed by atoms with Crippen molar-refractivity contribution < 1.29 is 23.4 Å². The van der Waals surface area contributed by atoms with Crippen molar-refractivity contribution in [2.24, 2.45) is 0 Å². The molecule has 2 heterocycles. The lowest BCUT2D eigenvalue weighted by atomic mass is 9.83. The van der Waals surface area contributed by atoms with Crippen molar-refractivity contribution in [3.05, 3.63) is 53.3 Å². The smallest absolute Gasteiger partial charge is 0.226 e. The van der Waals surface area contributed by atoms with E-state index in [0.717, 1.165) is 11.1 Å². The van der Waals surface area contributed by atoms with Crippen LogP contribution in [0.1, 0.15) is 23.5 Å². The molecule has 7 nitrogen and oxygen atoms in total. The first-order chi connectivity index (χ1) is 14.1. The maximum absolute atomic E-state index is 13.8. The molecule has 1 amide bonds. The summed E-state index contributed by atoms with van der Waals surface area (Å²) in [5.74, 6) is 0.960.